The molecule has 0 aromatic heterocycles. The number of carbonyl (C=O) groups excluding carboxylic acids is 1. The Morgan fingerprint density at radius 1 is 1.24 bits per heavy atom. The van der Waals surface area contributed by atoms with E-state index in [-0.39, 0.29) is 16.7 Å². The van der Waals surface area contributed by atoms with Crippen LogP contribution in [-0.2, 0) is 4.79 Å². The van der Waals surface area contributed by atoms with Crippen molar-refractivity contribution >= 4 is 6.29 Å². The van der Waals surface area contributed by atoms with Gasteiger partial charge in [0.1, 0.15) is 6.29 Å². The van der Waals surface area contributed by atoms with E-state index < -0.39 is 5.60 Å². The molecule has 96 valence electrons. The summed E-state index contributed by atoms with van der Waals surface area (Å²) in [5.41, 5.74) is -0.635. The van der Waals surface area contributed by atoms with Gasteiger partial charge in [-0.1, -0.05) is 59.8 Å². The molecule has 0 radical (unpaired) electrons. The smallest absolute Gasteiger partial charge is 0.149 e. The minimum Gasteiger partial charge on any atom is -0.385 e. The molecular formula is C15H24O2. The second kappa shape index (κ2) is 4.09. The maximum Gasteiger partial charge on any atom is 0.149 e. The van der Waals surface area contributed by atoms with E-state index in [2.05, 4.69) is 20.8 Å². The van der Waals surface area contributed by atoms with E-state index in [4.69, 9.17) is 0 Å². The van der Waals surface area contributed by atoms with Gasteiger partial charge in [0.25, 0.3) is 0 Å². The van der Waals surface area contributed by atoms with E-state index in [0.717, 1.165) is 6.29 Å². The first-order chi connectivity index (χ1) is 7.52. The molecule has 2 nitrogen and oxygen atoms in total. The highest BCUT2D eigenvalue weighted by atomic mass is 16.3. The fourth-order valence-electron chi connectivity index (χ4n) is 2.41. The zero-order valence-corrected chi connectivity index (χ0v) is 11.7. The number of allylic oxidation sites excluding steroid dienone is 2. The van der Waals surface area contributed by atoms with Gasteiger partial charge in [-0.3, -0.25) is 4.79 Å². The monoisotopic (exact) mass is 236 g/mol. The molecule has 17 heavy (non-hydrogen) atoms. The molecule has 0 saturated carbocycles. The third-order valence-corrected chi connectivity index (χ3v) is 3.63. The second-order valence-electron chi connectivity index (χ2n) is 7.04. The molecule has 2 heteroatoms. The molecule has 0 aromatic rings. The molecule has 0 amide bonds. The molecule has 0 bridgehead atoms. The highest BCUT2D eigenvalue weighted by Crippen LogP contribution is 2.48. The van der Waals surface area contributed by atoms with Gasteiger partial charge >= 0.3 is 0 Å². The van der Waals surface area contributed by atoms with Crippen LogP contribution in [0, 0.1) is 16.7 Å². The third-order valence-electron chi connectivity index (χ3n) is 3.63. The summed E-state index contributed by atoms with van der Waals surface area (Å²) < 4.78 is 0. The highest BCUT2D eigenvalue weighted by Gasteiger charge is 2.49. The molecule has 2 atom stereocenters. The van der Waals surface area contributed by atoms with Crippen molar-refractivity contribution in [3.05, 3.63) is 23.8 Å². The van der Waals surface area contributed by atoms with Gasteiger partial charge in [0.15, 0.2) is 0 Å². The molecule has 1 aliphatic carbocycles. The van der Waals surface area contributed by atoms with E-state index in [9.17, 15) is 9.90 Å². The van der Waals surface area contributed by atoms with E-state index in [1.54, 1.807) is 12.2 Å². The van der Waals surface area contributed by atoms with Gasteiger partial charge in [0, 0.05) is 11.5 Å². The zero-order valence-electron chi connectivity index (χ0n) is 11.7. The SMILES string of the molecule is CC(C)(C)C1C=C(C=O)C=CC1(O)C(C)(C)C. The summed E-state index contributed by atoms with van der Waals surface area (Å²) in [7, 11) is 0. The lowest BCUT2D eigenvalue weighted by molar-refractivity contribution is -0.105. The lowest BCUT2D eigenvalue weighted by atomic mass is 9.59. The van der Waals surface area contributed by atoms with Crippen molar-refractivity contribution in [1.82, 2.24) is 0 Å². The minimum atomic E-state index is -0.919. The van der Waals surface area contributed by atoms with Crippen molar-refractivity contribution in [3.8, 4) is 0 Å². The second-order valence-corrected chi connectivity index (χ2v) is 7.04. The zero-order chi connectivity index (χ0) is 13.5. The quantitative estimate of drug-likeness (QED) is 0.710. The normalized spacial score (nSPS) is 30.1. The summed E-state index contributed by atoms with van der Waals surface area (Å²) in [6, 6.07) is 0. The first kappa shape index (κ1) is 14.2. The van der Waals surface area contributed by atoms with Crippen LogP contribution in [0.25, 0.3) is 0 Å². The average Bonchev–Trinajstić information content (AvgIpc) is 2.15. The lowest BCUT2D eigenvalue weighted by Crippen LogP contribution is -2.52. The lowest BCUT2D eigenvalue weighted by Gasteiger charge is -2.49. The first-order valence-electron chi connectivity index (χ1n) is 6.11. The Balaban J connectivity index is 3.30. The number of aldehydes is 1. The van der Waals surface area contributed by atoms with Crippen LogP contribution in [0.3, 0.4) is 0 Å². The predicted octanol–water partition coefficient (Wildman–Crippen LogP) is 3.12. The van der Waals surface area contributed by atoms with E-state index in [1.165, 1.54) is 0 Å². The van der Waals surface area contributed by atoms with Crippen LogP contribution < -0.4 is 0 Å². The molecule has 0 spiro atoms. The summed E-state index contributed by atoms with van der Waals surface area (Å²) in [5, 5.41) is 11.0. The van der Waals surface area contributed by atoms with Crippen LogP contribution >= 0.6 is 0 Å². The van der Waals surface area contributed by atoms with Crippen LogP contribution in [0.2, 0.25) is 0 Å². The minimum absolute atomic E-state index is 0.0693. The fourth-order valence-corrected chi connectivity index (χ4v) is 2.41. The standard InChI is InChI=1S/C15H24O2/c1-13(2,3)12-9-11(10-16)7-8-15(12,17)14(4,5)6/h7-10,12,17H,1-6H3. The number of rotatable bonds is 1. The number of hydrogen-bond donors (Lipinski definition) is 1. The van der Waals surface area contributed by atoms with Crippen molar-refractivity contribution in [2.45, 2.75) is 47.1 Å². The van der Waals surface area contributed by atoms with E-state index in [0.29, 0.717) is 5.57 Å². The summed E-state index contributed by atoms with van der Waals surface area (Å²) in [5.74, 6) is -0.0693. The molecule has 1 N–H and O–H groups in total. The molecule has 0 fully saturated rings. The Labute approximate surface area is 104 Å². The summed E-state index contributed by atoms with van der Waals surface area (Å²) >= 11 is 0. The van der Waals surface area contributed by atoms with Crippen molar-refractivity contribution < 1.29 is 9.90 Å². The van der Waals surface area contributed by atoms with Gasteiger partial charge in [-0.25, -0.2) is 0 Å². The van der Waals surface area contributed by atoms with Gasteiger partial charge in [-0.2, -0.15) is 0 Å². The Morgan fingerprint density at radius 3 is 2.12 bits per heavy atom. The van der Waals surface area contributed by atoms with Crippen LogP contribution in [0.15, 0.2) is 23.8 Å². The van der Waals surface area contributed by atoms with Gasteiger partial charge in [0.05, 0.1) is 5.60 Å². The average molecular weight is 236 g/mol. The predicted molar refractivity (Wildman–Crippen MR) is 70.6 cm³/mol. The number of aliphatic hydroxyl groups is 1. The van der Waals surface area contributed by atoms with Crippen LogP contribution in [-0.4, -0.2) is 17.0 Å². The maximum atomic E-state index is 11.0. The number of hydrogen-bond acceptors (Lipinski definition) is 2. The largest absolute Gasteiger partial charge is 0.385 e. The Kier molecular flexibility index (Phi) is 3.41. The Morgan fingerprint density at radius 2 is 1.76 bits per heavy atom. The van der Waals surface area contributed by atoms with Crippen LogP contribution in [0.5, 0.6) is 0 Å². The van der Waals surface area contributed by atoms with Crippen molar-refractivity contribution in [2.75, 3.05) is 0 Å². The molecular weight excluding hydrogens is 212 g/mol. The van der Waals surface area contributed by atoms with E-state index >= 15 is 0 Å². The molecule has 2 unspecified atom stereocenters. The van der Waals surface area contributed by atoms with Crippen molar-refractivity contribution in [1.29, 1.82) is 0 Å². The fraction of sp³-hybridized carbons (Fsp3) is 0.667. The molecule has 1 aliphatic rings. The topological polar surface area (TPSA) is 37.3 Å². The van der Waals surface area contributed by atoms with Gasteiger partial charge in [0.2, 0.25) is 0 Å². The molecule has 1 rings (SSSR count). The molecule has 0 saturated heterocycles. The molecule has 0 aliphatic heterocycles. The molecule has 0 heterocycles. The van der Waals surface area contributed by atoms with Gasteiger partial charge < -0.3 is 5.11 Å². The van der Waals surface area contributed by atoms with Crippen LogP contribution in [0.1, 0.15) is 41.5 Å². The molecule has 0 aromatic carbocycles. The summed E-state index contributed by atoms with van der Waals surface area (Å²) in [4.78, 5) is 10.9. The maximum absolute atomic E-state index is 11.0. The third kappa shape index (κ3) is 2.52. The Bertz CT molecular complexity index is 363. The van der Waals surface area contributed by atoms with Crippen molar-refractivity contribution in [3.63, 3.8) is 0 Å². The van der Waals surface area contributed by atoms with Gasteiger partial charge in [-0.05, 0) is 10.8 Å². The summed E-state index contributed by atoms with van der Waals surface area (Å²) in [6.07, 6.45) is 6.25. The Hall–Kier alpha value is -0.890. The van der Waals surface area contributed by atoms with Crippen LogP contribution in [0.4, 0.5) is 0 Å². The first-order valence-corrected chi connectivity index (χ1v) is 6.11. The van der Waals surface area contributed by atoms with Crippen molar-refractivity contribution in [2.24, 2.45) is 16.7 Å². The summed E-state index contributed by atoms with van der Waals surface area (Å²) in [6.45, 7) is 12.3. The van der Waals surface area contributed by atoms with Gasteiger partial charge in [-0.15, -0.1) is 0 Å². The number of carbonyl (C=O) groups is 1. The highest BCUT2D eigenvalue weighted by molar-refractivity contribution is 5.78. The van der Waals surface area contributed by atoms with E-state index in [1.807, 2.05) is 26.8 Å².